The van der Waals surface area contributed by atoms with E-state index < -0.39 is 17.7 Å². The molecule has 2 heterocycles. The third kappa shape index (κ3) is 5.78. The zero-order valence-electron chi connectivity index (χ0n) is 18.3. The van der Waals surface area contributed by atoms with Crippen molar-refractivity contribution in [2.24, 2.45) is 0 Å². The molecule has 0 unspecified atom stereocenters. The van der Waals surface area contributed by atoms with E-state index in [1.54, 1.807) is 52.1 Å². The van der Waals surface area contributed by atoms with Crippen molar-refractivity contribution in [3.63, 3.8) is 0 Å². The van der Waals surface area contributed by atoms with Gasteiger partial charge in [-0.15, -0.1) is 0 Å². The van der Waals surface area contributed by atoms with Gasteiger partial charge in [0.15, 0.2) is 5.65 Å². The van der Waals surface area contributed by atoms with E-state index in [4.69, 9.17) is 9.47 Å². The van der Waals surface area contributed by atoms with Gasteiger partial charge in [-0.1, -0.05) is 6.07 Å². The second-order valence-electron chi connectivity index (χ2n) is 7.81. The van der Waals surface area contributed by atoms with Gasteiger partial charge in [-0.05, 0) is 32.9 Å². The van der Waals surface area contributed by atoms with Crippen LogP contribution in [0.3, 0.4) is 0 Å². The van der Waals surface area contributed by atoms with Crippen LogP contribution in [0, 0.1) is 0 Å². The maximum Gasteiger partial charge on any atom is 0.407 e. The van der Waals surface area contributed by atoms with Crippen LogP contribution in [0.15, 0.2) is 36.5 Å². The molecule has 0 saturated carbocycles. The molecule has 0 aliphatic rings. The summed E-state index contributed by atoms with van der Waals surface area (Å²) < 4.78 is 12.3. The molecule has 3 aromatic rings. The number of aromatic carboxylic acids is 1. The molecule has 11 nitrogen and oxygen atoms in total. The van der Waals surface area contributed by atoms with Crippen molar-refractivity contribution < 1.29 is 24.2 Å². The predicted octanol–water partition coefficient (Wildman–Crippen LogP) is 3.12. The molecule has 0 saturated heterocycles. The highest BCUT2D eigenvalue weighted by Crippen LogP contribution is 2.24. The van der Waals surface area contributed by atoms with Crippen LogP contribution in [0.1, 0.15) is 31.1 Å². The molecule has 0 fully saturated rings. The van der Waals surface area contributed by atoms with Gasteiger partial charge >= 0.3 is 12.1 Å². The molecule has 0 bridgehead atoms. The molecule has 32 heavy (non-hydrogen) atoms. The number of carbonyl (C=O) groups is 2. The number of benzene rings is 1. The summed E-state index contributed by atoms with van der Waals surface area (Å²) in [5, 5.41) is 22.2. The Morgan fingerprint density at radius 3 is 2.69 bits per heavy atom. The number of rotatable bonds is 8. The topological polar surface area (TPSA) is 139 Å². The summed E-state index contributed by atoms with van der Waals surface area (Å²) in [4.78, 5) is 27.5. The Bertz CT molecular complexity index is 1120. The van der Waals surface area contributed by atoms with E-state index in [-0.39, 0.29) is 24.4 Å². The summed E-state index contributed by atoms with van der Waals surface area (Å²) in [7, 11) is 1.71. The lowest BCUT2D eigenvalue weighted by Gasteiger charge is -2.19. The van der Waals surface area contributed by atoms with Crippen molar-refractivity contribution in [2.45, 2.75) is 26.4 Å². The summed E-state index contributed by atoms with van der Waals surface area (Å²) in [6.45, 7) is 5.93. The molecule has 0 aliphatic carbocycles. The summed E-state index contributed by atoms with van der Waals surface area (Å²) in [5.74, 6) is 0.493. The first kappa shape index (κ1) is 22.7. The Balaban J connectivity index is 1.66. The van der Waals surface area contributed by atoms with E-state index in [9.17, 15) is 14.7 Å². The van der Waals surface area contributed by atoms with Gasteiger partial charge in [0.2, 0.25) is 0 Å². The minimum Gasteiger partial charge on any atom is -0.492 e. The van der Waals surface area contributed by atoms with Crippen LogP contribution in [-0.2, 0) is 4.74 Å². The molecule has 0 aliphatic heterocycles. The number of carbonyl (C=O) groups excluding carboxylic acids is 1. The Morgan fingerprint density at radius 1 is 1.22 bits per heavy atom. The molecule has 1 amide bonds. The van der Waals surface area contributed by atoms with Crippen molar-refractivity contribution in [2.75, 3.05) is 30.8 Å². The van der Waals surface area contributed by atoms with Crippen LogP contribution in [0.4, 0.5) is 22.1 Å². The normalized spacial score (nSPS) is 11.1. The van der Waals surface area contributed by atoms with E-state index in [2.05, 4.69) is 26.0 Å². The van der Waals surface area contributed by atoms with E-state index in [0.717, 1.165) is 0 Å². The quantitative estimate of drug-likeness (QED) is 0.387. The van der Waals surface area contributed by atoms with Gasteiger partial charge in [-0.2, -0.15) is 9.61 Å². The first-order valence-corrected chi connectivity index (χ1v) is 9.93. The molecular formula is C21H26N6O5. The average Bonchev–Trinajstić information content (AvgIpc) is 3.14. The van der Waals surface area contributed by atoms with Gasteiger partial charge in [-0.25, -0.2) is 14.6 Å². The molecule has 1 aromatic carbocycles. The van der Waals surface area contributed by atoms with Crippen LogP contribution in [0.5, 0.6) is 5.75 Å². The number of aromatic nitrogens is 3. The minimum absolute atomic E-state index is 0.000258. The minimum atomic E-state index is -1.11. The highest BCUT2D eigenvalue weighted by atomic mass is 16.6. The van der Waals surface area contributed by atoms with Gasteiger partial charge < -0.3 is 30.5 Å². The number of carboxylic acids is 1. The van der Waals surface area contributed by atoms with Gasteiger partial charge in [0, 0.05) is 24.9 Å². The molecule has 3 rings (SSSR count). The molecule has 0 spiro atoms. The lowest BCUT2D eigenvalue weighted by molar-refractivity contribution is 0.0519. The fourth-order valence-electron chi connectivity index (χ4n) is 2.80. The smallest absolute Gasteiger partial charge is 0.407 e. The van der Waals surface area contributed by atoms with E-state index in [0.29, 0.717) is 23.1 Å². The number of nitrogens with zero attached hydrogens (tertiary/aromatic N) is 3. The third-order valence-electron chi connectivity index (χ3n) is 4.10. The Morgan fingerprint density at radius 2 is 2.00 bits per heavy atom. The Hall–Kier alpha value is -4.02. The van der Waals surface area contributed by atoms with Crippen molar-refractivity contribution >= 4 is 35.0 Å². The number of amides is 1. The number of nitrogens with one attached hydrogen (secondary N) is 3. The van der Waals surface area contributed by atoms with Crippen molar-refractivity contribution in [1.29, 1.82) is 0 Å². The maximum absolute atomic E-state index is 11.7. The highest BCUT2D eigenvalue weighted by molar-refractivity contribution is 5.94. The fourth-order valence-corrected chi connectivity index (χ4v) is 2.80. The van der Waals surface area contributed by atoms with Gasteiger partial charge in [0.05, 0.1) is 12.7 Å². The van der Waals surface area contributed by atoms with Gasteiger partial charge in [0.25, 0.3) is 0 Å². The lowest BCUT2D eigenvalue weighted by atomic mass is 10.2. The molecular weight excluding hydrogens is 416 g/mol. The van der Waals surface area contributed by atoms with Crippen LogP contribution in [0.25, 0.3) is 5.65 Å². The molecule has 2 aromatic heterocycles. The SMILES string of the molecule is CNc1cc(Nc2cccc(OCCNC(=O)OC(C)(C)C)c2)nc2c(C(=O)O)cnn12. The lowest BCUT2D eigenvalue weighted by Crippen LogP contribution is -2.34. The van der Waals surface area contributed by atoms with Gasteiger partial charge in [0.1, 0.15) is 35.2 Å². The number of anilines is 3. The Kier molecular flexibility index (Phi) is 6.67. The van der Waals surface area contributed by atoms with Crippen LogP contribution >= 0.6 is 0 Å². The number of hydrogen-bond donors (Lipinski definition) is 4. The third-order valence-corrected chi connectivity index (χ3v) is 4.10. The summed E-state index contributed by atoms with van der Waals surface area (Å²) in [6, 6.07) is 8.90. The standard InChI is InChI=1S/C21H26N6O5/c1-21(2,3)32-20(30)23-8-9-31-14-7-5-6-13(10-14)25-16-11-17(22-4)27-18(26-16)15(12-24-27)19(28)29/h5-7,10-12,22H,8-9H2,1-4H3,(H,23,30)(H,25,26)(H,28,29). The maximum atomic E-state index is 11.7. The first-order chi connectivity index (χ1) is 15.2. The summed E-state index contributed by atoms with van der Waals surface area (Å²) in [5.41, 5.74) is 0.349. The highest BCUT2D eigenvalue weighted by Gasteiger charge is 2.17. The fraction of sp³-hybridized carbons (Fsp3) is 0.333. The molecule has 0 atom stereocenters. The van der Waals surface area contributed by atoms with E-state index in [1.165, 1.54) is 10.7 Å². The van der Waals surface area contributed by atoms with Crippen LogP contribution in [-0.4, -0.2) is 57.6 Å². The van der Waals surface area contributed by atoms with E-state index in [1.807, 2.05) is 6.07 Å². The monoisotopic (exact) mass is 442 g/mol. The molecule has 0 radical (unpaired) electrons. The number of ether oxygens (including phenoxy) is 2. The molecule has 170 valence electrons. The average molecular weight is 442 g/mol. The van der Waals surface area contributed by atoms with Crippen LogP contribution in [0.2, 0.25) is 0 Å². The van der Waals surface area contributed by atoms with Gasteiger partial charge in [-0.3, -0.25) is 0 Å². The zero-order valence-corrected chi connectivity index (χ0v) is 18.3. The largest absolute Gasteiger partial charge is 0.492 e. The number of alkyl carbamates (subject to hydrolysis) is 1. The molecule has 11 heteroatoms. The van der Waals surface area contributed by atoms with Crippen molar-refractivity contribution in [3.05, 3.63) is 42.1 Å². The summed E-state index contributed by atoms with van der Waals surface area (Å²) >= 11 is 0. The predicted molar refractivity (Wildman–Crippen MR) is 119 cm³/mol. The number of fused-ring (bicyclic) bond motifs is 1. The Labute approximate surface area is 184 Å². The van der Waals surface area contributed by atoms with Crippen LogP contribution < -0.4 is 20.7 Å². The first-order valence-electron chi connectivity index (χ1n) is 9.93. The zero-order chi connectivity index (χ0) is 23.3. The molecule has 4 N–H and O–H groups in total. The van der Waals surface area contributed by atoms with Crippen molar-refractivity contribution in [3.8, 4) is 5.75 Å². The second-order valence-corrected chi connectivity index (χ2v) is 7.81. The number of hydrogen-bond acceptors (Lipinski definition) is 8. The second kappa shape index (κ2) is 9.41. The number of carboxylic acid groups (broad SMARTS) is 1. The van der Waals surface area contributed by atoms with E-state index >= 15 is 0 Å². The summed E-state index contributed by atoms with van der Waals surface area (Å²) in [6.07, 6.45) is 0.758. The van der Waals surface area contributed by atoms with Crippen molar-refractivity contribution in [1.82, 2.24) is 19.9 Å².